The van der Waals surface area contributed by atoms with Crippen LogP contribution in [0.1, 0.15) is 0 Å². The number of methoxy groups -OCH3 is 1. The molecule has 0 spiro atoms. The van der Waals surface area contributed by atoms with Gasteiger partial charge in [0.15, 0.2) is 0 Å². The first kappa shape index (κ1) is 10.8. The van der Waals surface area contributed by atoms with Crippen molar-refractivity contribution in [3.63, 3.8) is 0 Å². The Kier molecular flexibility index (Phi) is 3.17. The van der Waals surface area contributed by atoms with Gasteiger partial charge in [0, 0.05) is 15.1 Å². The van der Waals surface area contributed by atoms with Crippen molar-refractivity contribution >= 4 is 31.9 Å². The maximum absolute atomic E-state index is 5.35. The number of halogens is 2. The molecule has 0 saturated carbocycles. The van der Waals surface area contributed by atoms with E-state index in [1.165, 1.54) is 0 Å². The van der Waals surface area contributed by atoms with Crippen LogP contribution < -0.4 is 4.74 Å². The molecule has 2 nitrogen and oxygen atoms in total. The number of H-pyrrole nitrogens is 1. The second kappa shape index (κ2) is 4.41. The van der Waals surface area contributed by atoms with Gasteiger partial charge in [-0.2, -0.15) is 0 Å². The first-order chi connectivity index (χ1) is 7.22. The average molecular weight is 331 g/mol. The Labute approximate surface area is 105 Å². The summed E-state index contributed by atoms with van der Waals surface area (Å²) in [5.41, 5.74) is 2.07. The smallest absolute Gasteiger partial charge is 0.130 e. The van der Waals surface area contributed by atoms with Crippen LogP contribution in [0.25, 0.3) is 11.3 Å². The van der Waals surface area contributed by atoms with Gasteiger partial charge in [-0.3, -0.25) is 0 Å². The van der Waals surface area contributed by atoms with Gasteiger partial charge in [0.2, 0.25) is 0 Å². The summed E-state index contributed by atoms with van der Waals surface area (Å²) in [6, 6.07) is 7.92. The Balaban J connectivity index is 2.64. The monoisotopic (exact) mass is 329 g/mol. The molecule has 2 rings (SSSR count). The number of hydrogen-bond donors (Lipinski definition) is 1. The van der Waals surface area contributed by atoms with E-state index < -0.39 is 0 Å². The maximum Gasteiger partial charge on any atom is 0.130 e. The van der Waals surface area contributed by atoms with E-state index in [9.17, 15) is 0 Å². The molecule has 0 fully saturated rings. The van der Waals surface area contributed by atoms with Crippen LogP contribution in [0.3, 0.4) is 0 Å². The zero-order valence-corrected chi connectivity index (χ0v) is 11.2. The highest BCUT2D eigenvalue weighted by molar-refractivity contribution is 9.11. The van der Waals surface area contributed by atoms with Crippen LogP contribution in [0, 0.1) is 0 Å². The predicted molar refractivity (Wildman–Crippen MR) is 68.2 cm³/mol. The Hall–Kier alpha value is -0.740. The largest absolute Gasteiger partial charge is 0.496 e. The van der Waals surface area contributed by atoms with Crippen molar-refractivity contribution < 1.29 is 4.74 Å². The van der Waals surface area contributed by atoms with E-state index in [0.29, 0.717) is 0 Å². The van der Waals surface area contributed by atoms with E-state index in [-0.39, 0.29) is 0 Å². The molecule has 0 aliphatic carbocycles. The van der Waals surface area contributed by atoms with Crippen LogP contribution >= 0.6 is 31.9 Å². The lowest BCUT2D eigenvalue weighted by Crippen LogP contribution is -1.89. The normalized spacial score (nSPS) is 10.3. The molecule has 15 heavy (non-hydrogen) atoms. The second-order valence-corrected chi connectivity index (χ2v) is 4.82. The molecule has 2 aromatic rings. The summed E-state index contributed by atoms with van der Waals surface area (Å²) in [6.45, 7) is 0. The van der Waals surface area contributed by atoms with E-state index in [1.807, 2.05) is 30.5 Å². The summed E-state index contributed by atoms with van der Waals surface area (Å²) in [7, 11) is 1.67. The fraction of sp³-hybridized carbons (Fsp3) is 0.0909. The van der Waals surface area contributed by atoms with Crippen LogP contribution in [0.4, 0.5) is 0 Å². The van der Waals surface area contributed by atoms with Crippen LogP contribution in [0.2, 0.25) is 0 Å². The summed E-state index contributed by atoms with van der Waals surface area (Å²) < 4.78 is 7.33. The highest BCUT2D eigenvalue weighted by Crippen LogP contribution is 2.38. The summed E-state index contributed by atoms with van der Waals surface area (Å²) >= 11 is 6.96. The molecule has 0 radical (unpaired) electrons. The van der Waals surface area contributed by atoms with Crippen molar-refractivity contribution in [3.05, 3.63) is 39.4 Å². The lowest BCUT2D eigenvalue weighted by molar-refractivity contribution is 0.416. The highest BCUT2D eigenvalue weighted by atomic mass is 79.9. The van der Waals surface area contributed by atoms with Crippen molar-refractivity contribution in [3.8, 4) is 17.0 Å². The molecular formula is C11H9Br2NO. The lowest BCUT2D eigenvalue weighted by atomic mass is 10.1. The van der Waals surface area contributed by atoms with Gasteiger partial charge in [-0.05, 0) is 40.2 Å². The molecule has 1 aromatic heterocycles. The molecule has 78 valence electrons. The first-order valence-corrected chi connectivity index (χ1v) is 5.98. The van der Waals surface area contributed by atoms with Gasteiger partial charge in [-0.1, -0.05) is 15.9 Å². The highest BCUT2D eigenvalue weighted by Gasteiger charge is 2.11. The van der Waals surface area contributed by atoms with Crippen molar-refractivity contribution in [2.75, 3.05) is 7.11 Å². The molecule has 0 unspecified atom stereocenters. The summed E-state index contributed by atoms with van der Waals surface area (Å²) in [5, 5.41) is 0. The molecule has 0 aliphatic rings. The molecule has 1 heterocycles. The zero-order chi connectivity index (χ0) is 10.8. The predicted octanol–water partition coefficient (Wildman–Crippen LogP) is 4.22. The molecule has 0 aliphatic heterocycles. The number of aromatic amines is 1. The standard InChI is InChI=1S/C11H9Br2NO/c1-15-10-6-7(12)5-8(13)11(10)9-3-2-4-14-9/h2-6,14H,1H3. The van der Waals surface area contributed by atoms with Crippen LogP contribution in [-0.2, 0) is 0 Å². The number of benzene rings is 1. The van der Waals surface area contributed by atoms with Gasteiger partial charge >= 0.3 is 0 Å². The molecule has 0 bridgehead atoms. The molecule has 0 atom stereocenters. The van der Waals surface area contributed by atoms with Crippen molar-refractivity contribution in [2.45, 2.75) is 0 Å². The van der Waals surface area contributed by atoms with Gasteiger partial charge in [0.05, 0.1) is 18.4 Å². The topological polar surface area (TPSA) is 25.0 Å². The van der Waals surface area contributed by atoms with Crippen LogP contribution in [0.15, 0.2) is 39.4 Å². The molecular weight excluding hydrogens is 322 g/mol. The van der Waals surface area contributed by atoms with Gasteiger partial charge in [0.1, 0.15) is 5.75 Å². The summed E-state index contributed by atoms with van der Waals surface area (Å²) in [5.74, 6) is 0.832. The van der Waals surface area contributed by atoms with E-state index >= 15 is 0 Å². The maximum atomic E-state index is 5.35. The third-order valence-electron chi connectivity index (χ3n) is 2.11. The third kappa shape index (κ3) is 2.11. The molecule has 4 heteroatoms. The number of hydrogen-bond acceptors (Lipinski definition) is 1. The van der Waals surface area contributed by atoms with E-state index in [0.717, 1.165) is 26.0 Å². The van der Waals surface area contributed by atoms with E-state index in [4.69, 9.17) is 4.74 Å². The van der Waals surface area contributed by atoms with Gasteiger partial charge in [-0.25, -0.2) is 0 Å². The molecule has 0 amide bonds. The number of rotatable bonds is 2. The minimum atomic E-state index is 0.832. The van der Waals surface area contributed by atoms with E-state index in [2.05, 4.69) is 36.8 Å². The SMILES string of the molecule is COc1cc(Br)cc(Br)c1-c1ccc[nH]1. The van der Waals surface area contributed by atoms with Crippen molar-refractivity contribution in [2.24, 2.45) is 0 Å². The Morgan fingerprint density at radius 1 is 1.27 bits per heavy atom. The van der Waals surface area contributed by atoms with Gasteiger partial charge in [0.25, 0.3) is 0 Å². The first-order valence-electron chi connectivity index (χ1n) is 4.39. The van der Waals surface area contributed by atoms with E-state index in [1.54, 1.807) is 7.11 Å². The lowest BCUT2D eigenvalue weighted by Gasteiger charge is -2.10. The van der Waals surface area contributed by atoms with Crippen LogP contribution in [0.5, 0.6) is 5.75 Å². The number of nitrogens with one attached hydrogen (secondary N) is 1. The van der Waals surface area contributed by atoms with Gasteiger partial charge in [-0.15, -0.1) is 0 Å². The summed E-state index contributed by atoms with van der Waals surface area (Å²) in [4.78, 5) is 3.16. The summed E-state index contributed by atoms with van der Waals surface area (Å²) in [6.07, 6.45) is 1.89. The van der Waals surface area contributed by atoms with Gasteiger partial charge < -0.3 is 9.72 Å². The van der Waals surface area contributed by atoms with Crippen LogP contribution in [-0.4, -0.2) is 12.1 Å². The number of aromatic nitrogens is 1. The Bertz CT molecular complexity index is 466. The fourth-order valence-corrected chi connectivity index (χ4v) is 2.86. The minimum Gasteiger partial charge on any atom is -0.496 e. The Morgan fingerprint density at radius 2 is 2.07 bits per heavy atom. The van der Waals surface area contributed by atoms with Crippen molar-refractivity contribution in [1.29, 1.82) is 0 Å². The zero-order valence-electron chi connectivity index (χ0n) is 8.05. The Morgan fingerprint density at radius 3 is 2.67 bits per heavy atom. The molecule has 1 N–H and O–H groups in total. The van der Waals surface area contributed by atoms with Crippen molar-refractivity contribution in [1.82, 2.24) is 4.98 Å². The molecule has 0 saturated heterocycles. The second-order valence-electron chi connectivity index (χ2n) is 3.05. The minimum absolute atomic E-state index is 0.832. The number of ether oxygens (including phenoxy) is 1. The quantitative estimate of drug-likeness (QED) is 0.876. The fourth-order valence-electron chi connectivity index (χ4n) is 1.46. The average Bonchev–Trinajstić information content (AvgIpc) is 2.69. The molecule has 1 aromatic carbocycles. The third-order valence-corrected chi connectivity index (χ3v) is 3.19.